The van der Waals surface area contributed by atoms with Gasteiger partial charge in [-0.1, -0.05) is 6.92 Å². The monoisotopic (exact) mass is 249 g/mol. The maximum Gasteiger partial charge on any atom is 0.161 e. The highest BCUT2D eigenvalue weighted by atomic mass is 32.1. The van der Waals surface area contributed by atoms with Gasteiger partial charge in [-0.15, -0.1) is 11.3 Å². The van der Waals surface area contributed by atoms with Crippen LogP contribution in [0.15, 0.2) is 6.07 Å². The lowest BCUT2D eigenvalue weighted by atomic mass is 10.2. The number of rotatable bonds is 2. The Balaban J connectivity index is 2.09. The normalized spacial score (nSPS) is 20.2. The summed E-state index contributed by atoms with van der Waals surface area (Å²) in [6, 6.07) is 2.09. The number of nitrogen functional groups attached to an aromatic ring is 1. The van der Waals surface area contributed by atoms with E-state index in [-0.39, 0.29) is 6.10 Å². The molecule has 2 aromatic heterocycles. The second-order valence-corrected chi connectivity index (χ2v) is 5.37. The zero-order valence-electron chi connectivity index (χ0n) is 9.77. The minimum absolute atomic E-state index is 0.0360. The molecule has 1 saturated heterocycles. The van der Waals surface area contributed by atoms with Crippen LogP contribution in [0.5, 0.6) is 0 Å². The highest BCUT2D eigenvalue weighted by Gasteiger charge is 2.22. The number of aromatic nitrogens is 2. The maximum atomic E-state index is 5.99. The SMILES string of the molecule is CCc1cc2c(N)nc(C3CCCO3)nc2s1. The first-order chi connectivity index (χ1) is 8.28. The minimum atomic E-state index is 0.0360. The first-order valence-corrected chi connectivity index (χ1v) is 6.77. The van der Waals surface area contributed by atoms with Crippen molar-refractivity contribution in [1.82, 2.24) is 9.97 Å². The summed E-state index contributed by atoms with van der Waals surface area (Å²) in [5.74, 6) is 1.33. The van der Waals surface area contributed by atoms with E-state index in [1.165, 1.54) is 4.88 Å². The van der Waals surface area contributed by atoms with E-state index in [0.717, 1.165) is 41.9 Å². The van der Waals surface area contributed by atoms with Crippen molar-refractivity contribution in [3.63, 3.8) is 0 Å². The van der Waals surface area contributed by atoms with Crippen LogP contribution in [0.2, 0.25) is 0 Å². The molecule has 0 bridgehead atoms. The van der Waals surface area contributed by atoms with E-state index >= 15 is 0 Å². The molecule has 0 aliphatic carbocycles. The van der Waals surface area contributed by atoms with Crippen molar-refractivity contribution >= 4 is 27.4 Å². The molecule has 3 rings (SSSR count). The summed E-state index contributed by atoms with van der Waals surface area (Å²) in [5.41, 5.74) is 5.99. The number of fused-ring (bicyclic) bond motifs is 1. The van der Waals surface area contributed by atoms with Gasteiger partial charge < -0.3 is 10.5 Å². The van der Waals surface area contributed by atoms with Gasteiger partial charge in [0.2, 0.25) is 0 Å². The Hall–Kier alpha value is -1.20. The van der Waals surface area contributed by atoms with E-state index < -0.39 is 0 Å². The van der Waals surface area contributed by atoms with Gasteiger partial charge in [0.1, 0.15) is 16.8 Å². The van der Waals surface area contributed by atoms with Gasteiger partial charge in [0.05, 0.1) is 5.39 Å². The Bertz CT molecular complexity index is 546. The number of anilines is 1. The average Bonchev–Trinajstić information content (AvgIpc) is 2.97. The Morgan fingerprint density at radius 2 is 2.41 bits per heavy atom. The van der Waals surface area contributed by atoms with Crippen LogP contribution in [0.25, 0.3) is 10.2 Å². The molecular formula is C12H15N3OS. The van der Waals surface area contributed by atoms with Crippen molar-refractivity contribution in [1.29, 1.82) is 0 Å². The molecule has 0 aromatic carbocycles. The van der Waals surface area contributed by atoms with Crippen LogP contribution in [0.1, 0.15) is 36.6 Å². The molecule has 2 aromatic rings. The molecule has 90 valence electrons. The molecule has 2 N–H and O–H groups in total. The molecule has 1 fully saturated rings. The molecular weight excluding hydrogens is 234 g/mol. The van der Waals surface area contributed by atoms with Crippen molar-refractivity contribution in [2.24, 2.45) is 0 Å². The van der Waals surface area contributed by atoms with Crippen LogP contribution < -0.4 is 5.73 Å². The van der Waals surface area contributed by atoms with Crippen LogP contribution in [0.3, 0.4) is 0 Å². The summed E-state index contributed by atoms with van der Waals surface area (Å²) >= 11 is 1.70. The number of nitrogens with zero attached hydrogens (tertiary/aromatic N) is 2. The Morgan fingerprint density at radius 1 is 1.53 bits per heavy atom. The van der Waals surface area contributed by atoms with Crippen molar-refractivity contribution < 1.29 is 4.74 Å². The molecule has 1 unspecified atom stereocenters. The second kappa shape index (κ2) is 4.23. The fraction of sp³-hybridized carbons (Fsp3) is 0.500. The third-order valence-electron chi connectivity index (χ3n) is 3.06. The standard InChI is InChI=1S/C12H15N3OS/c1-2-7-6-8-10(13)14-11(15-12(8)17-7)9-4-3-5-16-9/h6,9H,2-5H2,1H3,(H2,13,14,15). The van der Waals surface area contributed by atoms with E-state index in [4.69, 9.17) is 10.5 Å². The molecule has 17 heavy (non-hydrogen) atoms. The summed E-state index contributed by atoms with van der Waals surface area (Å²) in [7, 11) is 0. The Morgan fingerprint density at radius 3 is 3.12 bits per heavy atom. The van der Waals surface area contributed by atoms with Crippen molar-refractivity contribution in [2.45, 2.75) is 32.3 Å². The Labute approximate surface area is 104 Å². The largest absolute Gasteiger partial charge is 0.383 e. The molecule has 1 aliphatic heterocycles. The summed E-state index contributed by atoms with van der Waals surface area (Å²) in [5, 5.41) is 0.980. The van der Waals surface area contributed by atoms with E-state index in [1.54, 1.807) is 11.3 Å². The van der Waals surface area contributed by atoms with E-state index in [1.807, 2.05) is 0 Å². The van der Waals surface area contributed by atoms with Crippen LogP contribution in [0.4, 0.5) is 5.82 Å². The highest BCUT2D eigenvalue weighted by molar-refractivity contribution is 7.18. The van der Waals surface area contributed by atoms with Gasteiger partial charge in [0.15, 0.2) is 5.82 Å². The highest BCUT2D eigenvalue weighted by Crippen LogP contribution is 2.32. The third-order valence-corrected chi connectivity index (χ3v) is 4.23. The molecule has 4 nitrogen and oxygen atoms in total. The molecule has 0 radical (unpaired) electrons. The summed E-state index contributed by atoms with van der Waals surface area (Å²) < 4.78 is 5.60. The Kier molecular flexibility index (Phi) is 2.72. The van der Waals surface area contributed by atoms with Crippen LogP contribution in [0, 0.1) is 0 Å². The van der Waals surface area contributed by atoms with Gasteiger partial charge in [0, 0.05) is 11.5 Å². The molecule has 1 aliphatic rings. The van der Waals surface area contributed by atoms with Gasteiger partial charge >= 0.3 is 0 Å². The van der Waals surface area contributed by atoms with Crippen LogP contribution in [-0.2, 0) is 11.2 Å². The number of hydrogen-bond donors (Lipinski definition) is 1. The predicted molar refractivity (Wildman–Crippen MR) is 69.1 cm³/mol. The number of nitrogens with two attached hydrogens (primary N) is 1. The van der Waals surface area contributed by atoms with Crippen molar-refractivity contribution in [3.8, 4) is 0 Å². The maximum absolute atomic E-state index is 5.99. The number of ether oxygens (including phenoxy) is 1. The van der Waals surface area contributed by atoms with E-state index in [2.05, 4.69) is 23.0 Å². The third kappa shape index (κ3) is 1.89. The van der Waals surface area contributed by atoms with Crippen LogP contribution in [-0.4, -0.2) is 16.6 Å². The average molecular weight is 249 g/mol. The lowest BCUT2D eigenvalue weighted by Gasteiger charge is -2.08. The fourth-order valence-electron chi connectivity index (χ4n) is 2.11. The molecule has 1 atom stereocenters. The van der Waals surface area contributed by atoms with Gasteiger partial charge in [0.25, 0.3) is 0 Å². The predicted octanol–water partition coefficient (Wildman–Crippen LogP) is 2.69. The van der Waals surface area contributed by atoms with Gasteiger partial charge in [-0.3, -0.25) is 0 Å². The minimum Gasteiger partial charge on any atom is -0.383 e. The number of aryl methyl sites for hydroxylation is 1. The van der Waals surface area contributed by atoms with Crippen molar-refractivity contribution in [3.05, 3.63) is 16.8 Å². The summed E-state index contributed by atoms with van der Waals surface area (Å²) in [6.07, 6.45) is 3.12. The zero-order chi connectivity index (χ0) is 11.8. The van der Waals surface area contributed by atoms with Gasteiger partial charge in [-0.05, 0) is 25.3 Å². The molecule has 3 heterocycles. The molecule has 0 spiro atoms. The van der Waals surface area contributed by atoms with Gasteiger partial charge in [-0.25, -0.2) is 9.97 Å². The number of hydrogen-bond acceptors (Lipinski definition) is 5. The van der Waals surface area contributed by atoms with Crippen molar-refractivity contribution in [2.75, 3.05) is 12.3 Å². The molecule has 0 saturated carbocycles. The smallest absolute Gasteiger partial charge is 0.161 e. The summed E-state index contributed by atoms with van der Waals surface area (Å²) in [6.45, 7) is 2.94. The second-order valence-electron chi connectivity index (χ2n) is 4.25. The van der Waals surface area contributed by atoms with Gasteiger partial charge in [-0.2, -0.15) is 0 Å². The van der Waals surface area contributed by atoms with Crippen LogP contribution >= 0.6 is 11.3 Å². The summed E-state index contributed by atoms with van der Waals surface area (Å²) in [4.78, 5) is 11.3. The quantitative estimate of drug-likeness (QED) is 0.889. The molecule has 0 amide bonds. The van der Waals surface area contributed by atoms with E-state index in [9.17, 15) is 0 Å². The topological polar surface area (TPSA) is 61.0 Å². The first kappa shape index (κ1) is 10.9. The fourth-order valence-corrected chi connectivity index (χ4v) is 3.09. The number of thiophene rings is 1. The molecule has 5 heteroatoms. The lowest BCUT2D eigenvalue weighted by Crippen LogP contribution is -2.05. The lowest BCUT2D eigenvalue weighted by molar-refractivity contribution is 0.105. The van der Waals surface area contributed by atoms with E-state index in [0.29, 0.717) is 5.82 Å². The zero-order valence-corrected chi connectivity index (χ0v) is 10.6. The first-order valence-electron chi connectivity index (χ1n) is 5.95.